The monoisotopic (exact) mass is 494 g/mol. The van der Waals surface area contributed by atoms with Crippen molar-refractivity contribution in [3.8, 4) is 0 Å². The van der Waals surface area contributed by atoms with Crippen molar-refractivity contribution in [2.24, 2.45) is 45.4 Å². The van der Waals surface area contributed by atoms with Gasteiger partial charge in [0, 0.05) is 36.2 Å². The van der Waals surface area contributed by atoms with Gasteiger partial charge in [0.05, 0.1) is 11.7 Å². The summed E-state index contributed by atoms with van der Waals surface area (Å²) in [5, 5.41) is 42.0. The Balaban J connectivity index is 0.000000371. The fourth-order valence-corrected chi connectivity index (χ4v) is 7.85. The molecular weight excluding hydrogens is 452 g/mol. The minimum atomic E-state index is -1.26. The fraction of sp³-hybridized carbons (Fsp3) is 0.808. The zero-order chi connectivity index (χ0) is 25.9. The maximum absolute atomic E-state index is 12.0. The zero-order valence-corrected chi connectivity index (χ0v) is 20.9. The summed E-state index contributed by atoms with van der Waals surface area (Å²) >= 11 is 0. The molecule has 198 valence electrons. The molecule has 8 atom stereocenters. The van der Waals surface area contributed by atoms with Gasteiger partial charge in [-0.1, -0.05) is 19.0 Å². The molecule has 0 aromatic heterocycles. The van der Waals surface area contributed by atoms with Crippen LogP contribution in [0.15, 0.2) is 17.3 Å². The molecule has 0 aliphatic heterocycles. The molecule has 4 fully saturated rings. The lowest BCUT2D eigenvalue weighted by molar-refractivity contribution is -0.206. The average Bonchev–Trinajstić information content (AvgIpc) is 3.07. The molecule has 0 unspecified atom stereocenters. The maximum atomic E-state index is 12.0. The van der Waals surface area contributed by atoms with Gasteiger partial charge in [0.15, 0.2) is 0 Å². The van der Waals surface area contributed by atoms with Gasteiger partial charge in [-0.25, -0.2) is 9.59 Å². The molecule has 0 heterocycles. The lowest BCUT2D eigenvalue weighted by Gasteiger charge is -2.63. The van der Waals surface area contributed by atoms with Crippen molar-refractivity contribution in [2.45, 2.75) is 83.3 Å². The molecule has 0 aromatic carbocycles. The first kappa shape index (κ1) is 27.6. The van der Waals surface area contributed by atoms with Crippen molar-refractivity contribution < 1.29 is 34.9 Å². The topological polar surface area (TPSA) is 163 Å². The van der Waals surface area contributed by atoms with E-state index in [1.54, 1.807) is 0 Å². The van der Waals surface area contributed by atoms with Crippen molar-refractivity contribution in [1.82, 2.24) is 0 Å². The lowest BCUT2D eigenvalue weighted by atomic mass is 9.43. The molecule has 9 nitrogen and oxygen atoms in total. The first-order chi connectivity index (χ1) is 16.5. The second-order valence-electron chi connectivity index (χ2n) is 11.3. The number of hydrogen-bond donors (Lipinski definition) is 5. The average molecular weight is 495 g/mol. The van der Waals surface area contributed by atoms with Gasteiger partial charge >= 0.3 is 11.9 Å². The van der Waals surface area contributed by atoms with E-state index in [-0.39, 0.29) is 22.9 Å². The summed E-state index contributed by atoms with van der Waals surface area (Å²) in [5.41, 5.74) is 5.05. The Kier molecular flexibility index (Phi) is 8.65. The second-order valence-corrected chi connectivity index (χ2v) is 11.3. The van der Waals surface area contributed by atoms with Gasteiger partial charge in [0.25, 0.3) is 0 Å². The molecule has 6 N–H and O–H groups in total. The number of nitrogens with two attached hydrogens (primary N) is 1. The fourth-order valence-electron chi connectivity index (χ4n) is 7.85. The molecule has 0 spiro atoms. The van der Waals surface area contributed by atoms with E-state index in [1.807, 2.05) is 6.21 Å². The Morgan fingerprint density at radius 1 is 1.00 bits per heavy atom. The van der Waals surface area contributed by atoms with Crippen molar-refractivity contribution in [2.75, 3.05) is 13.2 Å². The van der Waals surface area contributed by atoms with E-state index in [4.69, 9.17) is 20.8 Å². The number of hydrogen-bond acceptors (Lipinski definition) is 7. The summed E-state index contributed by atoms with van der Waals surface area (Å²) in [4.78, 5) is 24.4. The number of aliphatic hydroxyl groups excluding tert-OH is 1. The third kappa shape index (κ3) is 5.42. The molecule has 0 radical (unpaired) electrons. The van der Waals surface area contributed by atoms with E-state index in [1.165, 1.54) is 6.42 Å². The number of carboxylic acids is 2. The highest BCUT2D eigenvalue weighted by Crippen LogP contribution is 2.68. The van der Waals surface area contributed by atoms with Gasteiger partial charge in [-0.05, 0) is 81.0 Å². The highest BCUT2D eigenvalue weighted by atomic mass is 16.6. The van der Waals surface area contributed by atoms with E-state index in [0.717, 1.165) is 51.4 Å². The number of rotatable bonds is 6. The smallest absolute Gasteiger partial charge is 0.328 e. The number of carbonyl (C=O) groups is 2. The Labute approximate surface area is 207 Å². The molecule has 0 aromatic rings. The van der Waals surface area contributed by atoms with E-state index in [0.29, 0.717) is 43.1 Å². The first-order valence-electron chi connectivity index (χ1n) is 12.9. The summed E-state index contributed by atoms with van der Waals surface area (Å²) in [7, 11) is 0. The molecule has 0 bridgehead atoms. The Hall–Kier alpha value is -1.97. The molecule has 4 aliphatic carbocycles. The standard InChI is InChI=1S/C22H38N2O3.C4H4O4/c1-20-8-6-17(25)13-15(20)3-4-19-18(20)7-9-21(2)16(5-10-22(19,21)26)14-24-27-12-11-23;5-3(6)1-2-4(7)8/h14-19,25-26H,3-13,23H2,1-2H3;1-2H,(H,5,6)(H,7,8)/b24-14+;2-1+/t15-,16-,17+,18+,19-,20+,21-,22+;/m1./s1. The lowest BCUT2D eigenvalue weighted by Crippen LogP contribution is -2.62. The zero-order valence-electron chi connectivity index (χ0n) is 20.9. The van der Waals surface area contributed by atoms with Crippen molar-refractivity contribution in [1.29, 1.82) is 0 Å². The number of aliphatic carboxylic acids is 2. The molecule has 35 heavy (non-hydrogen) atoms. The number of nitrogens with zero attached hydrogens (tertiary/aromatic N) is 1. The highest BCUT2D eigenvalue weighted by Gasteiger charge is 2.66. The minimum absolute atomic E-state index is 0.110. The summed E-state index contributed by atoms with van der Waals surface area (Å²) in [5.74, 6) is -0.638. The van der Waals surface area contributed by atoms with Crippen LogP contribution in [0, 0.1) is 34.5 Å². The highest BCUT2D eigenvalue weighted by molar-refractivity contribution is 5.89. The van der Waals surface area contributed by atoms with E-state index < -0.39 is 17.5 Å². The van der Waals surface area contributed by atoms with Gasteiger partial charge in [0.1, 0.15) is 6.61 Å². The quantitative estimate of drug-likeness (QED) is 0.163. The van der Waals surface area contributed by atoms with Crippen LogP contribution >= 0.6 is 0 Å². The summed E-state index contributed by atoms with van der Waals surface area (Å²) < 4.78 is 0. The number of fused-ring (bicyclic) bond motifs is 5. The summed E-state index contributed by atoms with van der Waals surface area (Å²) in [6.45, 7) is 5.66. The van der Waals surface area contributed by atoms with Crippen LogP contribution in [0.3, 0.4) is 0 Å². The minimum Gasteiger partial charge on any atom is -0.478 e. The number of aliphatic hydroxyl groups is 2. The number of carboxylic acid groups (broad SMARTS) is 2. The maximum Gasteiger partial charge on any atom is 0.328 e. The van der Waals surface area contributed by atoms with Crippen LogP contribution in [0.2, 0.25) is 0 Å². The van der Waals surface area contributed by atoms with Gasteiger partial charge in [0.2, 0.25) is 0 Å². The summed E-state index contributed by atoms with van der Waals surface area (Å²) in [6.07, 6.45) is 12.3. The third-order valence-electron chi connectivity index (χ3n) is 9.79. The SMILES string of the molecule is C[C@]12CC[C@H](O)C[C@H]1CC[C@@H]1[C@@H]2CC[C@]2(C)[C@@H](/C=N/OCCN)CC[C@]12O.O=C(O)/C=C/C(=O)O. The second kappa shape index (κ2) is 11.0. The Bertz CT molecular complexity index is 817. The van der Waals surface area contributed by atoms with Crippen LogP contribution in [0.4, 0.5) is 0 Å². The molecule has 4 aliphatic rings. The predicted molar refractivity (Wildman–Crippen MR) is 131 cm³/mol. The van der Waals surface area contributed by atoms with Crippen LogP contribution in [-0.4, -0.2) is 63.4 Å². The van der Waals surface area contributed by atoms with Crippen LogP contribution in [0.25, 0.3) is 0 Å². The van der Waals surface area contributed by atoms with Crippen LogP contribution in [0.5, 0.6) is 0 Å². The molecule has 4 rings (SSSR count). The van der Waals surface area contributed by atoms with Crippen molar-refractivity contribution in [3.63, 3.8) is 0 Å². The normalized spacial score (nSPS) is 42.5. The van der Waals surface area contributed by atoms with Crippen molar-refractivity contribution in [3.05, 3.63) is 12.2 Å². The van der Waals surface area contributed by atoms with E-state index in [9.17, 15) is 19.8 Å². The Morgan fingerprint density at radius 3 is 2.31 bits per heavy atom. The Morgan fingerprint density at radius 2 is 1.69 bits per heavy atom. The summed E-state index contributed by atoms with van der Waals surface area (Å²) in [6, 6.07) is 0. The van der Waals surface area contributed by atoms with E-state index >= 15 is 0 Å². The van der Waals surface area contributed by atoms with Crippen LogP contribution < -0.4 is 5.73 Å². The molecule has 0 amide bonds. The molecule has 0 saturated heterocycles. The predicted octanol–water partition coefficient (Wildman–Crippen LogP) is 2.79. The molecule has 9 heteroatoms. The first-order valence-corrected chi connectivity index (χ1v) is 12.9. The van der Waals surface area contributed by atoms with Crippen molar-refractivity contribution >= 4 is 18.2 Å². The van der Waals surface area contributed by atoms with Gasteiger partial charge < -0.3 is 31.0 Å². The molecule has 4 saturated carbocycles. The van der Waals surface area contributed by atoms with Gasteiger partial charge in [-0.3, -0.25) is 0 Å². The van der Waals surface area contributed by atoms with Gasteiger partial charge in [-0.15, -0.1) is 0 Å². The van der Waals surface area contributed by atoms with E-state index in [2.05, 4.69) is 19.0 Å². The largest absolute Gasteiger partial charge is 0.478 e. The van der Waals surface area contributed by atoms with Gasteiger partial charge in [-0.2, -0.15) is 0 Å². The van der Waals surface area contributed by atoms with Crippen LogP contribution in [0.1, 0.15) is 71.6 Å². The number of oxime groups is 1. The van der Waals surface area contributed by atoms with Crippen LogP contribution in [-0.2, 0) is 14.4 Å². The molecular formula is C26H42N2O7. The third-order valence-corrected chi connectivity index (χ3v) is 9.79.